The average Bonchev–Trinajstić information content (AvgIpc) is 3.09. The summed E-state index contributed by atoms with van der Waals surface area (Å²) in [5.41, 5.74) is 5.69. The number of aromatic nitrogens is 3. The first-order valence-corrected chi connectivity index (χ1v) is 8.48. The number of para-hydroxylation sites is 1. The van der Waals surface area contributed by atoms with E-state index in [9.17, 15) is 0 Å². The van der Waals surface area contributed by atoms with Gasteiger partial charge in [0.25, 0.3) is 0 Å². The Morgan fingerprint density at radius 1 is 1.24 bits per heavy atom. The predicted octanol–water partition coefficient (Wildman–Crippen LogP) is 3.41. The monoisotopic (exact) mass is 427 g/mol. The molecule has 8 heteroatoms. The Labute approximate surface area is 142 Å². The minimum atomic E-state index is -0.211. The van der Waals surface area contributed by atoms with Crippen molar-refractivity contribution in [1.29, 1.82) is 0 Å². The van der Waals surface area contributed by atoms with Gasteiger partial charge in [-0.25, -0.2) is 10.1 Å². The molecule has 2 heterocycles. The molecule has 3 N–H and O–H groups in total. The Bertz CT molecular complexity index is 740. The van der Waals surface area contributed by atoms with Gasteiger partial charge in [0.15, 0.2) is 0 Å². The maximum absolute atomic E-state index is 5.77. The van der Waals surface area contributed by atoms with Crippen molar-refractivity contribution in [3.63, 3.8) is 0 Å². The van der Waals surface area contributed by atoms with Gasteiger partial charge in [0.2, 0.25) is 0 Å². The molecule has 1 aromatic carbocycles. The van der Waals surface area contributed by atoms with E-state index in [-0.39, 0.29) is 6.04 Å². The number of thiophene rings is 1. The van der Waals surface area contributed by atoms with Crippen LogP contribution in [0.3, 0.4) is 0 Å². The fourth-order valence-corrected chi connectivity index (χ4v) is 5.00. The van der Waals surface area contributed by atoms with Crippen molar-refractivity contribution in [2.45, 2.75) is 6.04 Å². The summed E-state index contributed by atoms with van der Waals surface area (Å²) in [7, 11) is 0. The smallest absolute Gasteiger partial charge is 0.0918 e. The van der Waals surface area contributed by atoms with Crippen molar-refractivity contribution in [2.24, 2.45) is 5.84 Å². The second-order valence-electron chi connectivity index (χ2n) is 4.29. The first-order valence-electron chi connectivity index (χ1n) is 6.07. The Hall–Kier alpha value is -1.06. The Morgan fingerprint density at radius 3 is 2.62 bits per heavy atom. The number of hydrogen-bond donors (Lipinski definition) is 2. The second kappa shape index (κ2) is 6.37. The number of nitrogens with zero attached hydrogens (tertiary/aromatic N) is 3. The van der Waals surface area contributed by atoms with Crippen LogP contribution in [0.4, 0.5) is 0 Å². The predicted molar refractivity (Wildman–Crippen MR) is 90.2 cm³/mol. The number of hydrazine groups is 1. The summed E-state index contributed by atoms with van der Waals surface area (Å²) in [6, 6.07) is 11.7. The van der Waals surface area contributed by atoms with Crippen LogP contribution in [0.15, 0.2) is 50.2 Å². The third-order valence-corrected chi connectivity index (χ3v) is 5.42. The van der Waals surface area contributed by atoms with Crippen LogP contribution in [0.1, 0.15) is 17.3 Å². The molecule has 0 aliphatic carbocycles. The molecule has 3 aromatic rings. The molecule has 1 unspecified atom stereocenters. The van der Waals surface area contributed by atoms with Gasteiger partial charge in [-0.15, -0.1) is 16.4 Å². The highest BCUT2D eigenvalue weighted by Crippen LogP contribution is 2.37. The fourth-order valence-electron chi connectivity index (χ4n) is 2.09. The summed E-state index contributed by atoms with van der Waals surface area (Å²) in [4.78, 5) is 0. The molecular formula is C13H11Br2N5S. The third kappa shape index (κ3) is 2.95. The van der Waals surface area contributed by atoms with Crippen LogP contribution in [0.5, 0.6) is 0 Å². The van der Waals surface area contributed by atoms with Gasteiger partial charge in [-0.05, 0) is 50.1 Å². The van der Waals surface area contributed by atoms with Crippen molar-refractivity contribution in [3.05, 3.63) is 61.4 Å². The molecule has 0 saturated heterocycles. The van der Waals surface area contributed by atoms with Crippen molar-refractivity contribution in [3.8, 4) is 5.69 Å². The van der Waals surface area contributed by atoms with Crippen LogP contribution in [-0.4, -0.2) is 15.0 Å². The molecule has 0 fully saturated rings. The van der Waals surface area contributed by atoms with Crippen LogP contribution < -0.4 is 11.3 Å². The van der Waals surface area contributed by atoms with Crippen LogP contribution in [0, 0.1) is 0 Å². The summed E-state index contributed by atoms with van der Waals surface area (Å²) in [6.45, 7) is 0. The zero-order valence-electron chi connectivity index (χ0n) is 10.7. The fraction of sp³-hybridized carbons (Fsp3) is 0.0769. The minimum absolute atomic E-state index is 0.211. The number of hydrogen-bond acceptors (Lipinski definition) is 5. The molecule has 3 rings (SSSR count). The Kier molecular flexibility index (Phi) is 4.51. The summed E-state index contributed by atoms with van der Waals surface area (Å²) >= 11 is 8.66. The van der Waals surface area contributed by atoms with Gasteiger partial charge in [0, 0.05) is 5.56 Å². The van der Waals surface area contributed by atoms with Crippen molar-refractivity contribution < 1.29 is 0 Å². The number of halogens is 2. The molecule has 5 nitrogen and oxygen atoms in total. The highest BCUT2D eigenvalue weighted by molar-refractivity contribution is 9.12. The summed E-state index contributed by atoms with van der Waals surface area (Å²) in [5, 5.41) is 8.19. The van der Waals surface area contributed by atoms with Gasteiger partial charge in [-0.1, -0.05) is 23.4 Å². The maximum atomic E-state index is 5.77. The zero-order valence-corrected chi connectivity index (χ0v) is 14.7. The summed E-state index contributed by atoms with van der Waals surface area (Å²) in [5.74, 6) is 5.77. The quantitative estimate of drug-likeness (QED) is 0.493. The summed E-state index contributed by atoms with van der Waals surface area (Å²) < 4.78 is 3.82. The van der Waals surface area contributed by atoms with Gasteiger partial charge in [-0.3, -0.25) is 5.84 Å². The molecule has 0 amide bonds. The lowest BCUT2D eigenvalue weighted by atomic mass is 10.1. The van der Waals surface area contributed by atoms with Gasteiger partial charge < -0.3 is 0 Å². The number of benzene rings is 1. The first-order chi connectivity index (χ1) is 10.2. The van der Waals surface area contributed by atoms with Crippen LogP contribution in [0.2, 0.25) is 0 Å². The normalized spacial score (nSPS) is 12.5. The van der Waals surface area contributed by atoms with E-state index in [0.717, 1.165) is 24.5 Å². The molecule has 0 bridgehead atoms. The second-order valence-corrected chi connectivity index (χ2v) is 8.03. The third-order valence-electron chi connectivity index (χ3n) is 3.03. The molecule has 21 heavy (non-hydrogen) atoms. The van der Waals surface area contributed by atoms with Gasteiger partial charge in [0.05, 0.1) is 31.2 Å². The molecule has 0 radical (unpaired) electrons. The highest BCUT2D eigenvalue weighted by atomic mass is 79.9. The van der Waals surface area contributed by atoms with E-state index >= 15 is 0 Å². The van der Waals surface area contributed by atoms with E-state index in [1.807, 2.05) is 36.4 Å². The molecule has 0 aliphatic rings. The minimum Gasteiger partial charge on any atom is -0.271 e. The standard InChI is InChI=1S/C13H11Br2N5S/c14-11-6-9(13(15)21-11)12(18-16)10-7-17-19-20(10)8-4-2-1-3-5-8/h1-7,12,18H,16H2. The van der Waals surface area contributed by atoms with Crippen LogP contribution in [0.25, 0.3) is 5.69 Å². The Morgan fingerprint density at radius 2 is 2.00 bits per heavy atom. The molecule has 0 aliphatic heterocycles. The lowest BCUT2D eigenvalue weighted by Crippen LogP contribution is -2.30. The molecule has 0 saturated carbocycles. The van der Waals surface area contributed by atoms with Gasteiger partial charge in [-0.2, -0.15) is 0 Å². The topological polar surface area (TPSA) is 68.8 Å². The summed E-state index contributed by atoms with van der Waals surface area (Å²) in [6.07, 6.45) is 1.72. The Balaban J connectivity index is 2.07. The highest BCUT2D eigenvalue weighted by Gasteiger charge is 2.22. The van der Waals surface area contributed by atoms with Gasteiger partial charge in [0.1, 0.15) is 0 Å². The van der Waals surface area contributed by atoms with E-state index in [1.54, 1.807) is 22.2 Å². The van der Waals surface area contributed by atoms with Crippen LogP contribution >= 0.6 is 43.2 Å². The maximum Gasteiger partial charge on any atom is 0.0918 e. The molecule has 108 valence electrons. The van der Waals surface area contributed by atoms with Crippen LogP contribution in [-0.2, 0) is 0 Å². The van der Waals surface area contributed by atoms with E-state index in [0.29, 0.717) is 0 Å². The van der Waals surface area contributed by atoms with E-state index < -0.39 is 0 Å². The molecule has 1 atom stereocenters. The SMILES string of the molecule is NNC(c1cc(Br)sc1Br)c1cnnn1-c1ccccc1. The molecule has 0 spiro atoms. The van der Waals surface area contributed by atoms with E-state index in [2.05, 4.69) is 47.6 Å². The lowest BCUT2D eigenvalue weighted by Gasteiger charge is -2.16. The van der Waals surface area contributed by atoms with E-state index in [1.165, 1.54) is 0 Å². The van der Waals surface area contributed by atoms with Gasteiger partial charge >= 0.3 is 0 Å². The largest absolute Gasteiger partial charge is 0.271 e. The van der Waals surface area contributed by atoms with E-state index in [4.69, 9.17) is 5.84 Å². The average molecular weight is 429 g/mol. The molecule has 2 aromatic heterocycles. The van der Waals surface area contributed by atoms with Crippen molar-refractivity contribution >= 4 is 43.2 Å². The van der Waals surface area contributed by atoms with Crippen molar-refractivity contribution in [2.75, 3.05) is 0 Å². The number of rotatable bonds is 4. The lowest BCUT2D eigenvalue weighted by molar-refractivity contribution is 0.595. The molecular weight excluding hydrogens is 418 g/mol. The number of nitrogens with one attached hydrogen (secondary N) is 1. The first kappa shape index (κ1) is 14.9. The van der Waals surface area contributed by atoms with Crippen molar-refractivity contribution in [1.82, 2.24) is 20.4 Å². The zero-order chi connectivity index (χ0) is 14.8. The number of nitrogens with two attached hydrogens (primary N) is 1.